The number of anilines is 1. The lowest BCUT2D eigenvalue weighted by atomic mass is 10.1. The Balaban J connectivity index is 1.84. The third kappa shape index (κ3) is 6.45. The van der Waals surface area contributed by atoms with Gasteiger partial charge in [0.1, 0.15) is 0 Å². The molecule has 0 aliphatic carbocycles. The molecule has 8 nitrogen and oxygen atoms in total. The highest BCUT2D eigenvalue weighted by Gasteiger charge is 2.24. The van der Waals surface area contributed by atoms with E-state index in [-0.39, 0.29) is 25.6 Å². The summed E-state index contributed by atoms with van der Waals surface area (Å²) in [6, 6.07) is 6.30. The summed E-state index contributed by atoms with van der Waals surface area (Å²) in [6.45, 7) is 11.5. The molecule has 8 heteroatoms. The lowest BCUT2D eigenvalue weighted by Crippen LogP contribution is -2.52. The molecule has 0 bridgehead atoms. The highest BCUT2D eigenvalue weighted by atomic mass is 16.5. The Bertz CT molecular complexity index is 729. The van der Waals surface area contributed by atoms with E-state index in [2.05, 4.69) is 42.3 Å². The van der Waals surface area contributed by atoms with Crippen molar-refractivity contribution in [2.24, 2.45) is 0 Å². The molecule has 0 unspecified atom stereocenters. The number of rotatable bonds is 7. The second-order valence-electron chi connectivity index (χ2n) is 7.16. The SMILES string of the molecule is CCOC(=O)NC(=O)CN(CC)CC(=O)N1CCN(c2cccc(C)c2C)CC1. The largest absolute Gasteiger partial charge is 0.450 e. The monoisotopic (exact) mass is 404 g/mol. The van der Waals surface area contributed by atoms with E-state index in [0.717, 1.165) is 13.1 Å². The number of nitrogens with one attached hydrogen (secondary N) is 1. The first-order valence-corrected chi connectivity index (χ1v) is 10.1. The molecular formula is C21H32N4O4. The smallest absolute Gasteiger partial charge is 0.413 e. The molecule has 1 saturated heterocycles. The van der Waals surface area contributed by atoms with Gasteiger partial charge in [-0.25, -0.2) is 4.79 Å². The zero-order valence-electron chi connectivity index (χ0n) is 17.9. The number of nitrogens with zero attached hydrogens (tertiary/aromatic N) is 3. The molecule has 0 saturated carbocycles. The molecule has 1 aromatic carbocycles. The van der Waals surface area contributed by atoms with Crippen LogP contribution in [-0.2, 0) is 14.3 Å². The van der Waals surface area contributed by atoms with Gasteiger partial charge in [0.15, 0.2) is 0 Å². The van der Waals surface area contributed by atoms with Crippen molar-refractivity contribution in [3.05, 3.63) is 29.3 Å². The number of amides is 3. The molecule has 1 N–H and O–H groups in total. The Labute approximate surface area is 172 Å². The van der Waals surface area contributed by atoms with Crippen molar-refractivity contribution >= 4 is 23.6 Å². The number of aryl methyl sites for hydroxylation is 1. The van der Waals surface area contributed by atoms with Gasteiger partial charge in [0.05, 0.1) is 19.7 Å². The molecule has 1 aliphatic rings. The molecule has 29 heavy (non-hydrogen) atoms. The summed E-state index contributed by atoms with van der Waals surface area (Å²) in [5.41, 5.74) is 3.76. The van der Waals surface area contributed by atoms with Crippen LogP contribution in [0.1, 0.15) is 25.0 Å². The molecular weight excluding hydrogens is 372 g/mol. The van der Waals surface area contributed by atoms with Crippen LogP contribution in [0.2, 0.25) is 0 Å². The molecule has 0 aromatic heterocycles. The maximum absolute atomic E-state index is 12.7. The Morgan fingerprint density at radius 1 is 1.07 bits per heavy atom. The lowest BCUT2D eigenvalue weighted by Gasteiger charge is -2.37. The number of imide groups is 1. The van der Waals surface area contributed by atoms with Crippen LogP contribution in [0.15, 0.2) is 18.2 Å². The van der Waals surface area contributed by atoms with Gasteiger partial charge in [0.25, 0.3) is 0 Å². The van der Waals surface area contributed by atoms with E-state index in [9.17, 15) is 14.4 Å². The Morgan fingerprint density at radius 2 is 1.76 bits per heavy atom. The summed E-state index contributed by atoms with van der Waals surface area (Å²) in [5, 5.41) is 2.16. The van der Waals surface area contributed by atoms with Crippen molar-refractivity contribution in [3.8, 4) is 0 Å². The third-order valence-electron chi connectivity index (χ3n) is 5.24. The van der Waals surface area contributed by atoms with Gasteiger partial charge in [-0.3, -0.25) is 19.8 Å². The van der Waals surface area contributed by atoms with Crippen molar-refractivity contribution in [1.82, 2.24) is 15.1 Å². The Morgan fingerprint density at radius 3 is 2.38 bits per heavy atom. The van der Waals surface area contributed by atoms with Crippen molar-refractivity contribution < 1.29 is 19.1 Å². The number of likely N-dealkylation sites (N-methyl/N-ethyl adjacent to an activating group) is 1. The summed E-state index contributed by atoms with van der Waals surface area (Å²) in [4.78, 5) is 41.8. The summed E-state index contributed by atoms with van der Waals surface area (Å²) in [6.07, 6.45) is -0.762. The maximum atomic E-state index is 12.7. The van der Waals surface area contributed by atoms with Crippen molar-refractivity contribution in [2.75, 3.05) is 57.3 Å². The summed E-state index contributed by atoms with van der Waals surface area (Å²) in [5.74, 6) is -0.478. The topological polar surface area (TPSA) is 82.2 Å². The van der Waals surface area contributed by atoms with E-state index >= 15 is 0 Å². The number of piperazine rings is 1. The quantitative estimate of drug-likeness (QED) is 0.743. The number of carbonyl (C=O) groups excluding carboxylic acids is 3. The minimum absolute atomic E-state index is 0.00333. The molecule has 0 atom stereocenters. The van der Waals surface area contributed by atoms with Gasteiger partial charge in [0, 0.05) is 31.9 Å². The van der Waals surface area contributed by atoms with E-state index < -0.39 is 12.0 Å². The van der Waals surface area contributed by atoms with Gasteiger partial charge in [-0.15, -0.1) is 0 Å². The van der Waals surface area contributed by atoms with E-state index in [4.69, 9.17) is 4.74 Å². The second-order valence-corrected chi connectivity index (χ2v) is 7.16. The average molecular weight is 405 g/mol. The molecule has 1 heterocycles. The minimum atomic E-state index is -0.762. The van der Waals surface area contributed by atoms with Crippen molar-refractivity contribution in [3.63, 3.8) is 0 Å². The van der Waals surface area contributed by atoms with Gasteiger partial charge < -0.3 is 14.5 Å². The minimum Gasteiger partial charge on any atom is -0.450 e. The van der Waals surface area contributed by atoms with Crippen LogP contribution < -0.4 is 10.2 Å². The van der Waals surface area contributed by atoms with E-state index in [1.807, 2.05) is 11.8 Å². The summed E-state index contributed by atoms with van der Waals surface area (Å²) in [7, 11) is 0. The highest BCUT2D eigenvalue weighted by Crippen LogP contribution is 2.23. The number of alkyl carbamates (subject to hydrolysis) is 1. The summed E-state index contributed by atoms with van der Waals surface area (Å²) < 4.78 is 4.70. The van der Waals surface area contributed by atoms with Crippen molar-refractivity contribution in [2.45, 2.75) is 27.7 Å². The average Bonchev–Trinajstić information content (AvgIpc) is 2.69. The van der Waals surface area contributed by atoms with Crippen LogP contribution in [0.3, 0.4) is 0 Å². The molecule has 1 fully saturated rings. The molecule has 3 amide bonds. The van der Waals surface area contributed by atoms with Crippen molar-refractivity contribution in [1.29, 1.82) is 0 Å². The molecule has 2 rings (SSSR count). The van der Waals surface area contributed by atoms with Crippen LogP contribution in [-0.4, -0.2) is 80.1 Å². The molecule has 0 radical (unpaired) electrons. The van der Waals surface area contributed by atoms with E-state index in [1.165, 1.54) is 16.8 Å². The van der Waals surface area contributed by atoms with Gasteiger partial charge in [-0.2, -0.15) is 0 Å². The van der Waals surface area contributed by atoms with Crippen LogP contribution in [0.25, 0.3) is 0 Å². The number of ether oxygens (including phenoxy) is 1. The number of hydrogen-bond acceptors (Lipinski definition) is 6. The molecule has 160 valence electrons. The second kappa shape index (κ2) is 10.8. The van der Waals surface area contributed by atoms with Gasteiger partial charge >= 0.3 is 6.09 Å². The van der Waals surface area contributed by atoms with Crippen LogP contribution in [0, 0.1) is 13.8 Å². The first kappa shape index (κ1) is 22.7. The van der Waals surface area contributed by atoms with Crippen LogP contribution in [0.4, 0.5) is 10.5 Å². The fraction of sp³-hybridized carbons (Fsp3) is 0.571. The molecule has 0 spiro atoms. The fourth-order valence-corrected chi connectivity index (χ4v) is 3.37. The Kier molecular flexibility index (Phi) is 8.45. The van der Waals surface area contributed by atoms with Gasteiger partial charge in [-0.1, -0.05) is 19.1 Å². The maximum Gasteiger partial charge on any atom is 0.413 e. The Hall–Kier alpha value is -2.61. The van der Waals surface area contributed by atoms with E-state index in [1.54, 1.807) is 11.8 Å². The number of carbonyl (C=O) groups is 3. The zero-order valence-corrected chi connectivity index (χ0v) is 17.9. The standard InChI is InChI=1S/C21H32N4O4/c1-5-23(14-19(26)22-21(28)29-6-2)15-20(27)25-12-10-24(11-13-25)18-9-7-8-16(3)17(18)4/h7-9H,5-6,10-15H2,1-4H3,(H,22,26,28). The first-order chi connectivity index (χ1) is 13.8. The predicted octanol–water partition coefficient (Wildman–Crippen LogP) is 1.55. The summed E-state index contributed by atoms with van der Waals surface area (Å²) >= 11 is 0. The van der Waals surface area contributed by atoms with Crippen LogP contribution >= 0.6 is 0 Å². The fourth-order valence-electron chi connectivity index (χ4n) is 3.37. The first-order valence-electron chi connectivity index (χ1n) is 10.1. The predicted molar refractivity (Wildman–Crippen MR) is 112 cm³/mol. The number of benzene rings is 1. The normalized spacial score (nSPS) is 14.1. The third-order valence-corrected chi connectivity index (χ3v) is 5.24. The van der Waals surface area contributed by atoms with Gasteiger partial charge in [-0.05, 0) is 44.5 Å². The lowest BCUT2D eigenvalue weighted by molar-refractivity contribution is -0.133. The zero-order chi connectivity index (χ0) is 21.4. The van der Waals surface area contributed by atoms with Crippen LogP contribution in [0.5, 0.6) is 0 Å². The van der Waals surface area contributed by atoms with Gasteiger partial charge in [0.2, 0.25) is 11.8 Å². The van der Waals surface area contributed by atoms with E-state index in [0.29, 0.717) is 19.6 Å². The molecule has 1 aromatic rings. The number of hydrogen-bond donors (Lipinski definition) is 1. The highest BCUT2D eigenvalue weighted by molar-refractivity contribution is 5.93. The molecule has 1 aliphatic heterocycles.